The van der Waals surface area contributed by atoms with E-state index in [0.29, 0.717) is 5.82 Å². The molecular formula is C36H23N3S. The number of para-hydroxylation sites is 1. The number of hydrogen-bond donors (Lipinski definition) is 0. The molecule has 0 aliphatic heterocycles. The van der Waals surface area contributed by atoms with E-state index in [1.807, 2.05) is 36.4 Å². The van der Waals surface area contributed by atoms with E-state index in [-0.39, 0.29) is 0 Å². The van der Waals surface area contributed by atoms with Crippen molar-refractivity contribution in [1.82, 2.24) is 14.5 Å². The Kier molecular flexibility index (Phi) is 5.32. The number of aromatic nitrogens is 3. The molecule has 0 bridgehead atoms. The Labute approximate surface area is 235 Å². The van der Waals surface area contributed by atoms with Gasteiger partial charge in [-0.1, -0.05) is 84.9 Å². The molecule has 0 saturated carbocycles. The smallest absolute Gasteiger partial charge is 0.160 e. The van der Waals surface area contributed by atoms with E-state index < -0.39 is 0 Å². The Hall–Kier alpha value is -5.06. The van der Waals surface area contributed by atoms with Crippen LogP contribution in [0.4, 0.5) is 0 Å². The molecule has 0 spiro atoms. The van der Waals surface area contributed by atoms with Crippen LogP contribution in [0.1, 0.15) is 0 Å². The van der Waals surface area contributed by atoms with E-state index in [0.717, 1.165) is 33.8 Å². The largest absolute Gasteiger partial charge is 0.309 e. The summed E-state index contributed by atoms with van der Waals surface area (Å²) in [6.07, 6.45) is 0. The molecule has 0 N–H and O–H groups in total. The zero-order chi connectivity index (χ0) is 26.5. The second kappa shape index (κ2) is 9.30. The molecule has 3 aromatic heterocycles. The van der Waals surface area contributed by atoms with Crippen molar-refractivity contribution in [3.8, 4) is 39.6 Å². The van der Waals surface area contributed by atoms with Crippen LogP contribution in [0, 0.1) is 0 Å². The Morgan fingerprint density at radius 2 is 1.15 bits per heavy atom. The lowest BCUT2D eigenvalue weighted by Gasteiger charge is -2.11. The molecule has 0 radical (unpaired) electrons. The molecule has 188 valence electrons. The van der Waals surface area contributed by atoms with Gasteiger partial charge in [-0.05, 0) is 53.9 Å². The van der Waals surface area contributed by atoms with E-state index in [1.165, 1.54) is 31.9 Å². The van der Waals surface area contributed by atoms with E-state index in [1.54, 1.807) is 11.3 Å². The minimum Gasteiger partial charge on any atom is -0.309 e. The summed E-state index contributed by atoms with van der Waals surface area (Å²) in [5.41, 5.74) is 8.54. The number of fused-ring (bicyclic) bond motifs is 5. The maximum atomic E-state index is 5.01. The predicted octanol–water partition coefficient (Wildman–Crippen LogP) is 9.79. The Morgan fingerprint density at radius 1 is 0.500 bits per heavy atom. The van der Waals surface area contributed by atoms with Gasteiger partial charge < -0.3 is 4.57 Å². The van der Waals surface area contributed by atoms with Crippen LogP contribution in [0.5, 0.6) is 0 Å². The third kappa shape index (κ3) is 3.73. The Morgan fingerprint density at radius 3 is 1.85 bits per heavy atom. The first kappa shape index (κ1) is 22.9. The molecule has 8 aromatic rings. The van der Waals surface area contributed by atoms with Crippen LogP contribution in [-0.2, 0) is 0 Å². The van der Waals surface area contributed by atoms with E-state index in [4.69, 9.17) is 9.97 Å². The predicted molar refractivity (Wildman–Crippen MR) is 168 cm³/mol. The van der Waals surface area contributed by atoms with Crippen molar-refractivity contribution in [3.05, 3.63) is 139 Å². The highest BCUT2D eigenvalue weighted by Gasteiger charge is 2.16. The summed E-state index contributed by atoms with van der Waals surface area (Å²) in [5.74, 6) is 0.717. The van der Waals surface area contributed by atoms with Crippen LogP contribution in [0.2, 0.25) is 0 Å². The van der Waals surface area contributed by atoms with Crippen molar-refractivity contribution >= 4 is 43.2 Å². The molecule has 3 nitrogen and oxygen atoms in total. The summed E-state index contributed by atoms with van der Waals surface area (Å²) in [4.78, 5) is 10.0. The minimum atomic E-state index is 0.717. The maximum absolute atomic E-state index is 5.01. The summed E-state index contributed by atoms with van der Waals surface area (Å²) in [5, 5.41) is 6.00. The van der Waals surface area contributed by atoms with Crippen LogP contribution >= 0.6 is 11.3 Å². The number of thiophene rings is 1. The van der Waals surface area contributed by atoms with Crippen LogP contribution in [0.15, 0.2) is 139 Å². The molecule has 4 heteroatoms. The van der Waals surface area contributed by atoms with Crippen LogP contribution in [0.25, 0.3) is 71.5 Å². The first-order valence-electron chi connectivity index (χ1n) is 13.3. The summed E-state index contributed by atoms with van der Waals surface area (Å²) >= 11 is 1.78. The SMILES string of the molecule is c1ccc(-c2cc(-c3ccccc3)nc(-c3ccc(-n4c5ccccc5c5ccc6sccc6c54)cc3)n2)cc1. The van der Waals surface area contributed by atoms with Gasteiger partial charge in [-0.15, -0.1) is 11.3 Å². The standard InChI is InChI=1S/C36H23N3S/c1-3-9-24(10-4-1)31-23-32(25-11-5-2-6-12-25)38-36(37-31)26-15-17-27(18-16-26)39-33-14-8-7-13-28(33)29-19-20-34-30(35(29)39)21-22-40-34/h1-23H. The maximum Gasteiger partial charge on any atom is 0.160 e. The molecule has 0 amide bonds. The molecule has 0 atom stereocenters. The second-order valence-electron chi connectivity index (χ2n) is 9.89. The highest BCUT2D eigenvalue weighted by molar-refractivity contribution is 7.17. The highest BCUT2D eigenvalue weighted by Crippen LogP contribution is 2.38. The lowest BCUT2D eigenvalue weighted by atomic mass is 10.1. The van der Waals surface area contributed by atoms with Crippen molar-refractivity contribution in [2.45, 2.75) is 0 Å². The number of benzene rings is 5. The van der Waals surface area contributed by atoms with Gasteiger partial charge in [0.15, 0.2) is 5.82 Å². The van der Waals surface area contributed by atoms with E-state index >= 15 is 0 Å². The van der Waals surface area contributed by atoms with Gasteiger partial charge >= 0.3 is 0 Å². The monoisotopic (exact) mass is 529 g/mol. The molecule has 8 rings (SSSR count). The number of hydrogen-bond acceptors (Lipinski definition) is 3. The van der Waals surface area contributed by atoms with Gasteiger partial charge in [0.05, 0.1) is 22.4 Å². The molecule has 0 aliphatic rings. The van der Waals surface area contributed by atoms with E-state index in [9.17, 15) is 0 Å². The average molecular weight is 530 g/mol. The molecule has 5 aromatic carbocycles. The lowest BCUT2D eigenvalue weighted by molar-refractivity contribution is 1.17. The quantitative estimate of drug-likeness (QED) is 0.227. The molecule has 0 aliphatic carbocycles. The number of nitrogens with zero attached hydrogens (tertiary/aromatic N) is 3. The molecule has 40 heavy (non-hydrogen) atoms. The Bertz CT molecular complexity index is 2080. The zero-order valence-electron chi connectivity index (χ0n) is 21.5. The van der Waals surface area contributed by atoms with Crippen molar-refractivity contribution in [2.24, 2.45) is 0 Å². The van der Waals surface area contributed by atoms with Gasteiger partial charge in [0.25, 0.3) is 0 Å². The van der Waals surface area contributed by atoms with Gasteiger partial charge in [0.2, 0.25) is 0 Å². The summed E-state index contributed by atoms with van der Waals surface area (Å²) in [6, 6.07) is 46.8. The fraction of sp³-hybridized carbons (Fsp3) is 0. The zero-order valence-corrected chi connectivity index (χ0v) is 22.3. The number of rotatable bonds is 4. The van der Waals surface area contributed by atoms with Crippen LogP contribution < -0.4 is 0 Å². The van der Waals surface area contributed by atoms with Crippen molar-refractivity contribution in [2.75, 3.05) is 0 Å². The third-order valence-electron chi connectivity index (χ3n) is 7.51. The Balaban J connectivity index is 1.30. The van der Waals surface area contributed by atoms with Crippen molar-refractivity contribution in [3.63, 3.8) is 0 Å². The second-order valence-corrected chi connectivity index (χ2v) is 10.8. The van der Waals surface area contributed by atoms with Crippen molar-refractivity contribution in [1.29, 1.82) is 0 Å². The molecule has 0 unspecified atom stereocenters. The first-order chi connectivity index (χ1) is 19.8. The molecule has 0 saturated heterocycles. The van der Waals surface area contributed by atoms with Crippen LogP contribution in [-0.4, -0.2) is 14.5 Å². The van der Waals surface area contributed by atoms with Gasteiger partial charge in [0, 0.05) is 43.2 Å². The highest BCUT2D eigenvalue weighted by atomic mass is 32.1. The summed E-state index contributed by atoms with van der Waals surface area (Å²) in [7, 11) is 0. The lowest BCUT2D eigenvalue weighted by Crippen LogP contribution is -1.97. The topological polar surface area (TPSA) is 30.7 Å². The molecule has 3 heterocycles. The molecule has 0 fully saturated rings. The first-order valence-corrected chi connectivity index (χ1v) is 14.2. The van der Waals surface area contributed by atoms with Gasteiger partial charge in [-0.25, -0.2) is 9.97 Å². The van der Waals surface area contributed by atoms with E-state index in [2.05, 4.69) is 107 Å². The van der Waals surface area contributed by atoms with Gasteiger partial charge in [-0.2, -0.15) is 0 Å². The molecular weight excluding hydrogens is 506 g/mol. The normalized spacial score (nSPS) is 11.5. The fourth-order valence-electron chi connectivity index (χ4n) is 5.62. The van der Waals surface area contributed by atoms with Gasteiger partial charge in [0.1, 0.15) is 0 Å². The van der Waals surface area contributed by atoms with Crippen molar-refractivity contribution < 1.29 is 0 Å². The minimum absolute atomic E-state index is 0.717. The average Bonchev–Trinajstić information content (AvgIpc) is 3.65. The van der Waals surface area contributed by atoms with Crippen LogP contribution in [0.3, 0.4) is 0 Å². The third-order valence-corrected chi connectivity index (χ3v) is 8.40. The summed E-state index contributed by atoms with van der Waals surface area (Å²) < 4.78 is 3.69. The van der Waals surface area contributed by atoms with Gasteiger partial charge in [-0.3, -0.25) is 0 Å². The summed E-state index contributed by atoms with van der Waals surface area (Å²) in [6.45, 7) is 0. The fourth-order valence-corrected chi connectivity index (χ4v) is 6.41.